The van der Waals surface area contributed by atoms with E-state index < -0.39 is 17.6 Å². The third kappa shape index (κ3) is 3.43. The second-order valence-electron chi connectivity index (χ2n) is 4.10. The molecular weight excluding hydrogens is 260 g/mol. The molecule has 1 heterocycles. The van der Waals surface area contributed by atoms with Gasteiger partial charge in [-0.15, -0.1) is 0 Å². The molecule has 1 aromatic carbocycles. The molecule has 6 heteroatoms. The first kappa shape index (κ1) is 13.3. The van der Waals surface area contributed by atoms with Gasteiger partial charge in [0.25, 0.3) is 0 Å². The average molecular weight is 270 g/mol. The summed E-state index contributed by atoms with van der Waals surface area (Å²) < 4.78 is 50.8. The van der Waals surface area contributed by atoms with Gasteiger partial charge in [0.2, 0.25) is 0 Å². The highest BCUT2D eigenvalue weighted by Crippen LogP contribution is 2.30. The highest BCUT2D eigenvalue weighted by molar-refractivity contribution is 5.39. The van der Waals surface area contributed by atoms with Gasteiger partial charge in [-0.3, -0.25) is 4.98 Å². The van der Waals surface area contributed by atoms with Gasteiger partial charge < -0.3 is 5.73 Å². The number of alkyl halides is 3. The summed E-state index contributed by atoms with van der Waals surface area (Å²) in [5.41, 5.74) is 5.68. The molecule has 0 fully saturated rings. The minimum absolute atomic E-state index is 0.0892. The Morgan fingerprint density at radius 3 is 2.47 bits per heavy atom. The van der Waals surface area contributed by atoms with Crippen LogP contribution in [-0.4, -0.2) is 4.98 Å². The minimum Gasteiger partial charge on any atom is -0.399 e. The third-order valence-corrected chi connectivity index (χ3v) is 2.51. The monoisotopic (exact) mass is 270 g/mol. The molecule has 0 aliphatic rings. The summed E-state index contributed by atoms with van der Waals surface area (Å²) in [5.74, 6) is -0.922. The van der Waals surface area contributed by atoms with Crippen molar-refractivity contribution in [3.8, 4) is 0 Å². The number of anilines is 1. The molecule has 0 radical (unpaired) electrons. The normalized spacial score (nSPS) is 11.6. The number of aromatic nitrogens is 1. The zero-order valence-electron chi connectivity index (χ0n) is 9.71. The molecule has 100 valence electrons. The fourth-order valence-electron chi connectivity index (χ4n) is 1.72. The Kier molecular flexibility index (Phi) is 3.42. The van der Waals surface area contributed by atoms with E-state index in [4.69, 9.17) is 5.73 Å². The van der Waals surface area contributed by atoms with Gasteiger partial charge in [0.1, 0.15) is 5.82 Å². The zero-order valence-corrected chi connectivity index (χ0v) is 9.71. The first-order valence-electron chi connectivity index (χ1n) is 5.41. The average Bonchev–Trinajstić information content (AvgIpc) is 2.26. The molecule has 2 rings (SSSR count). The molecule has 0 aliphatic carbocycles. The summed E-state index contributed by atoms with van der Waals surface area (Å²) in [4.78, 5) is 3.97. The van der Waals surface area contributed by atoms with Gasteiger partial charge in [-0.05, 0) is 35.9 Å². The van der Waals surface area contributed by atoms with E-state index in [1.54, 1.807) is 6.07 Å². The van der Waals surface area contributed by atoms with Crippen molar-refractivity contribution in [2.24, 2.45) is 0 Å². The van der Waals surface area contributed by atoms with Gasteiger partial charge >= 0.3 is 6.18 Å². The Bertz CT molecular complexity index is 593. The van der Waals surface area contributed by atoms with E-state index in [-0.39, 0.29) is 12.0 Å². The van der Waals surface area contributed by atoms with Crippen LogP contribution in [0.25, 0.3) is 0 Å². The van der Waals surface area contributed by atoms with Crippen LogP contribution < -0.4 is 5.73 Å². The fraction of sp³-hybridized carbons (Fsp3) is 0.154. The molecule has 0 spiro atoms. The molecule has 0 unspecified atom stereocenters. The highest BCUT2D eigenvalue weighted by atomic mass is 19.4. The number of nitrogens with zero attached hydrogens (tertiary/aromatic N) is 1. The quantitative estimate of drug-likeness (QED) is 0.849. The summed E-state index contributed by atoms with van der Waals surface area (Å²) in [6.07, 6.45) is -3.03. The number of rotatable bonds is 2. The maximum atomic E-state index is 13.2. The van der Waals surface area contributed by atoms with Gasteiger partial charge in [0.15, 0.2) is 0 Å². The van der Waals surface area contributed by atoms with E-state index >= 15 is 0 Å². The molecule has 0 saturated heterocycles. The van der Waals surface area contributed by atoms with Gasteiger partial charge in [-0.1, -0.05) is 0 Å². The second kappa shape index (κ2) is 4.87. The molecule has 0 amide bonds. The van der Waals surface area contributed by atoms with E-state index in [1.807, 2.05) is 0 Å². The highest BCUT2D eigenvalue weighted by Gasteiger charge is 2.31. The molecule has 0 bridgehead atoms. The molecule has 19 heavy (non-hydrogen) atoms. The molecule has 2 aromatic rings. The maximum absolute atomic E-state index is 13.2. The fourth-order valence-corrected chi connectivity index (χ4v) is 1.72. The summed E-state index contributed by atoms with van der Waals surface area (Å²) in [6, 6.07) is 5.54. The zero-order chi connectivity index (χ0) is 14.0. The van der Waals surface area contributed by atoms with Crippen molar-refractivity contribution < 1.29 is 17.6 Å². The van der Waals surface area contributed by atoms with Crippen LogP contribution in [0.2, 0.25) is 0 Å². The minimum atomic E-state index is -4.57. The Hall–Kier alpha value is -2.11. The van der Waals surface area contributed by atoms with E-state index in [0.717, 1.165) is 12.1 Å². The van der Waals surface area contributed by atoms with E-state index in [0.29, 0.717) is 17.4 Å². The van der Waals surface area contributed by atoms with Gasteiger partial charge in [0, 0.05) is 24.0 Å². The predicted molar refractivity (Wildman–Crippen MR) is 62.9 cm³/mol. The molecule has 0 aliphatic heterocycles. The summed E-state index contributed by atoms with van der Waals surface area (Å²) in [6.45, 7) is 0. The van der Waals surface area contributed by atoms with Crippen molar-refractivity contribution in [3.05, 3.63) is 59.2 Å². The van der Waals surface area contributed by atoms with Crippen LogP contribution in [0.5, 0.6) is 0 Å². The number of nitrogens with two attached hydrogens (primary N) is 1. The lowest BCUT2D eigenvalue weighted by Gasteiger charge is -2.09. The smallest absolute Gasteiger partial charge is 0.399 e. The molecule has 1 aromatic heterocycles. The molecule has 2 nitrogen and oxygen atoms in total. The number of pyridine rings is 1. The number of benzene rings is 1. The first-order valence-corrected chi connectivity index (χ1v) is 5.41. The second-order valence-corrected chi connectivity index (χ2v) is 4.10. The van der Waals surface area contributed by atoms with E-state index in [2.05, 4.69) is 4.98 Å². The Labute approximate surface area is 106 Å². The van der Waals surface area contributed by atoms with Gasteiger partial charge in [0.05, 0.1) is 5.56 Å². The van der Waals surface area contributed by atoms with Crippen molar-refractivity contribution in [2.75, 3.05) is 5.73 Å². The topological polar surface area (TPSA) is 38.9 Å². The lowest BCUT2D eigenvalue weighted by molar-refractivity contribution is -0.137. The largest absolute Gasteiger partial charge is 0.416 e. The van der Waals surface area contributed by atoms with Crippen molar-refractivity contribution in [2.45, 2.75) is 12.6 Å². The van der Waals surface area contributed by atoms with Crippen molar-refractivity contribution in [3.63, 3.8) is 0 Å². The van der Waals surface area contributed by atoms with Gasteiger partial charge in [-0.25, -0.2) is 4.39 Å². The lowest BCUT2D eigenvalue weighted by atomic mass is 10.1. The number of hydrogen-bond acceptors (Lipinski definition) is 2. The van der Waals surface area contributed by atoms with Gasteiger partial charge in [-0.2, -0.15) is 13.2 Å². The van der Waals surface area contributed by atoms with Crippen molar-refractivity contribution in [1.29, 1.82) is 0 Å². The van der Waals surface area contributed by atoms with Crippen LogP contribution in [0.1, 0.15) is 16.8 Å². The van der Waals surface area contributed by atoms with Crippen LogP contribution in [0, 0.1) is 5.82 Å². The maximum Gasteiger partial charge on any atom is 0.416 e. The van der Waals surface area contributed by atoms with Crippen LogP contribution in [0.4, 0.5) is 23.2 Å². The van der Waals surface area contributed by atoms with Crippen LogP contribution >= 0.6 is 0 Å². The summed E-state index contributed by atoms with van der Waals surface area (Å²) in [7, 11) is 0. The molecular formula is C13H10F4N2. The van der Waals surface area contributed by atoms with Crippen LogP contribution in [0.3, 0.4) is 0 Å². The summed E-state index contributed by atoms with van der Waals surface area (Å²) in [5, 5.41) is 0. The van der Waals surface area contributed by atoms with Crippen molar-refractivity contribution in [1.82, 2.24) is 4.98 Å². The SMILES string of the molecule is Nc1ccnc(Cc2cc(F)cc(C(F)(F)F)c2)c1. The molecule has 2 N–H and O–H groups in total. The van der Waals surface area contributed by atoms with E-state index in [1.165, 1.54) is 12.3 Å². The number of hydrogen-bond donors (Lipinski definition) is 1. The Balaban J connectivity index is 2.33. The van der Waals surface area contributed by atoms with Crippen molar-refractivity contribution >= 4 is 5.69 Å². The predicted octanol–water partition coefficient (Wildman–Crippen LogP) is 3.41. The Morgan fingerprint density at radius 1 is 1.11 bits per heavy atom. The Morgan fingerprint density at radius 2 is 1.84 bits per heavy atom. The third-order valence-electron chi connectivity index (χ3n) is 2.51. The lowest BCUT2D eigenvalue weighted by Crippen LogP contribution is -2.07. The number of nitrogen functional groups attached to an aromatic ring is 1. The first-order chi connectivity index (χ1) is 8.84. The molecule has 0 atom stereocenters. The van der Waals surface area contributed by atoms with Crippen LogP contribution in [0.15, 0.2) is 36.5 Å². The number of halogens is 4. The van der Waals surface area contributed by atoms with Crippen LogP contribution in [-0.2, 0) is 12.6 Å². The standard InChI is InChI=1S/C13H10F4N2/c14-10-4-8(3-9(6-10)13(15,16)17)5-12-7-11(18)1-2-19-12/h1-4,6-7H,5H2,(H2,18,19). The summed E-state index contributed by atoms with van der Waals surface area (Å²) >= 11 is 0. The van der Waals surface area contributed by atoms with E-state index in [9.17, 15) is 17.6 Å². The molecule has 0 saturated carbocycles.